The van der Waals surface area contributed by atoms with E-state index in [9.17, 15) is 4.39 Å². The summed E-state index contributed by atoms with van der Waals surface area (Å²) >= 11 is 0. The van der Waals surface area contributed by atoms with Crippen molar-refractivity contribution in [3.63, 3.8) is 0 Å². The fourth-order valence-corrected chi connectivity index (χ4v) is 2.60. The Kier molecular flexibility index (Phi) is 6.99. The van der Waals surface area contributed by atoms with E-state index >= 15 is 0 Å². The molecule has 0 saturated heterocycles. The number of hydrogen-bond acceptors (Lipinski definition) is 2. The van der Waals surface area contributed by atoms with E-state index in [4.69, 9.17) is 0 Å². The van der Waals surface area contributed by atoms with Crippen molar-refractivity contribution in [2.75, 3.05) is 5.32 Å². The maximum atomic E-state index is 13.0. The van der Waals surface area contributed by atoms with Crippen LogP contribution in [0.1, 0.15) is 49.9 Å². The van der Waals surface area contributed by atoms with Crippen LogP contribution >= 0.6 is 0 Å². The topological polar surface area (TPSA) is 40.7 Å². The Hall–Kier alpha value is -2.54. The summed E-state index contributed by atoms with van der Waals surface area (Å²) < 4.78 is 13.0. The van der Waals surface area contributed by atoms with Crippen molar-refractivity contribution >= 4 is 5.95 Å². The highest BCUT2D eigenvalue weighted by Crippen LogP contribution is 2.58. The highest BCUT2D eigenvalue weighted by molar-refractivity contribution is 5.33. The second-order valence-electron chi connectivity index (χ2n) is 7.07. The van der Waals surface area contributed by atoms with E-state index in [1.165, 1.54) is 12.0 Å². The Labute approximate surface area is 150 Å². The molecule has 1 aliphatic rings. The summed E-state index contributed by atoms with van der Waals surface area (Å²) in [6, 6.07) is 5.48. The Bertz CT molecular complexity index is 741. The lowest BCUT2D eigenvalue weighted by Crippen LogP contribution is -1.94. The number of aromatic nitrogens is 2. The molecule has 1 saturated carbocycles. The highest BCUT2D eigenvalue weighted by Gasteiger charge is 2.46. The number of halogens is 1. The minimum Gasteiger partial charge on any atom is -0.330 e. The summed E-state index contributed by atoms with van der Waals surface area (Å²) in [7, 11) is 0. The van der Waals surface area contributed by atoms with E-state index in [0.717, 1.165) is 22.9 Å². The van der Waals surface area contributed by atoms with Gasteiger partial charge in [0.2, 0.25) is 5.95 Å². The third-order valence-electron chi connectivity index (χ3n) is 4.13. The van der Waals surface area contributed by atoms with Gasteiger partial charge in [0.15, 0.2) is 0 Å². The summed E-state index contributed by atoms with van der Waals surface area (Å²) in [5.74, 6) is 1.30. The molecule has 2 aromatic rings. The van der Waals surface area contributed by atoms with E-state index in [0.29, 0.717) is 11.3 Å². The van der Waals surface area contributed by atoms with Crippen LogP contribution in [0.15, 0.2) is 36.7 Å². The van der Waals surface area contributed by atoms with Gasteiger partial charge in [0.05, 0.1) is 0 Å². The molecule has 1 aliphatic carbocycles. The van der Waals surface area contributed by atoms with Crippen LogP contribution in [-0.4, -0.2) is 9.97 Å². The number of imidazole rings is 1. The molecule has 0 aliphatic heterocycles. The molecule has 1 aromatic heterocycles. The molecule has 1 fully saturated rings. The zero-order valence-electron chi connectivity index (χ0n) is 15.8. The third-order valence-corrected chi connectivity index (χ3v) is 4.13. The average Bonchev–Trinajstić information content (AvgIpc) is 2.99. The number of allylic oxidation sites excluding steroid dienone is 1. The van der Waals surface area contributed by atoms with Crippen LogP contribution in [-0.2, 0) is 0 Å². The van der Waals surface area contributed by atoms with E-state index in [-0.39, 0.29) is 5.82 Å². The van der Waals surface area contributed by atoms with Gasteiger partial charge in [0, 0.05) is 17.6 Å². The standard InChI is InChI=1S/C12H15F.C7H11N3.C2H2/c1-8-6-9(4-5-11(8)13)10-7-12(10,2)3;1-5(2)9-7-8-4-6(3)10-7;1-2/h4-6,10H,7H2,1-3H3;4H,1H2,2-3H3,(H2,8,9,10);1-2H/t10-;;/m0../s1. The van der Waals surface area contributed by atoms with Crippen molar-refractivity contribution < 1.29 is 4.39 Å². The highest BCUT2D eigenvalue weighted by atomic mass is 19.1. The molecule has 0 amide bonds. The molecule has 0 radical (unpaired) electrons. The quantitative estimate of drug-likeness (QED) is 0.718. The Morgan fingerprint density at radius 2 is 1.96 bits per heavy atom. The van der Waals surface area contributed by atoms with Gasteiger partial charge in [-0.05, 0) is 55.7 Å². The van der Waals surface area contributed by atoms with Crippen LogP contribution in [0.25, 0.3) is 0 Å². The van der Waals surface area contributed by atoms with Gasteiger partial charge in [0.25, 0.3) is 0 Å². The number of anilines is 1. The first-order chi connectivity index (χ1) is 11.7. The molecule has 1 heterocycles. The second kappa shape index (κ2) is 8.53. The van der Waals surface area contributed by atoms with Gasteiger partial charge in [-0.15, -0.1) is 12.8 Å². The second-order valence-corrected chi connectivity index (χ2v) is 7.07. The van der Waals surface area contributed by atoms with Gasteiger partial charge in [-0.25, -0.2) is 9.37 Å². The number of benzene rings is 1. The lowest BCUT2D eigenvalue weighted by Gasteiger charge is -2.05. The van der Waals surface area contributed by atoms with E-state index in [1.807, 2.05) is 32.9 Å². The lowest BCUT2D eigenvalue weighted by molar-refractivity contribution is 0.609. The van der Waals surface area contributed by atoms with Crippen LogP contribution in [0, 0.1) is 37.9 Å². The SMILES string of the molecule is C#C.C=C(C)Nc1ncc(C)[nH]1.Cc1cc([C@@H]2CC2(C)C)ccc1F. The first-order valence-electron chi connectivity index (χ1n) is 8.22. The summed E-state index contributed by atoms with van der Waals surface area (Å²) in [4.78, 5) is 7.05. The Morgan fingerprint density at radius 1 is 1.36 bits per heavy atom. The first kappa shape index (κ1) is 20.5. The summed E-state index contributed by atoms with van der Waals surface area (Å²) in [5, 5.41) is 2.96. The van der Waals surface area contributed by atoms with Gasteiger partial charge in [-0.1, -0.05) is 32.6 Å². The van der Waals surface area contributed by atoms with Crippen LogP contribution in [0.3, 0.4) is 0 Å². The summed E-state index contributed by atoms with van der Waals surface area (Å²) in [6.07, 6.45) is 11.0. The molecular weight excluding hydrogens is 313 g/mol. The van der Waals surface area contributed by atoms with Crippen molar-refractivity contribution in [1.82, 2.24) is 9.97 Å². The molecule has 0 unspecified atom stereocenters. The minimum atomic E-state index is -0.0952. The Balaban J connectivity index is 0.000000235. The number of hydrogen-bond donors (Lipinski definition) is 2. The lowest BCUT2D eigenvalue weighted by atomic mass is 10.0. The number of rotatable bonds is 3. The van der Waals surface area contributed by atoms with E-state index in [2.05, 4.69) is 48.6 Å². The molecule has 25 heavy (non-hydrogen) atoms. The first-order valence-corrected chi connectivity index (χ1v) is 8.22. The molecule has 3 rings (SSSR count). The van der Waals surface area contributed by atoms with Crippen molar-refractivity contribution in [2.45, 2.75) is 47.0 Å². The maximum absolute atomic E-state index is 13.0. The number of nitrogens with zero attached hydrogens (tertiary/aromatic N) is 1. The largest absolute Gasteiger partial charge is 0.330 e. The Morgan fingerprint density at radius 3 is 2.36 bits per heavy atom. The molecule has 4 heteroatoms. The molecule has 1 atom stereocenters. The van der Waals surface area contributed by atoms with E-state index in [1.54, 1.807) is 12.3 Å². The predicted molar refractivity (Wildman–Crippen MR) is 104 cm³/mol. The van der Waals surface area contributed by atoms with Crippen LogP contribution in [0.2, 0.25) is 0 Å². The average molecular weight is 341 g/mol. The molecule has 0 bridgehead atoms. The smallest absolute Gasteiger partial charge is 0.204 e. The van der Waals surface area contributed by atoms with Crippen molar-refractivity contribution in [3.8, 4) is 12.8 Å². The minimum absolute atomic E-state index is 0.0952. The number of aromatic amines is 1. The zero-order valence-corrected chi connectivity index (χ0v) is 15.8. The third kappa shape index (κ3) is 6.11. The van der Waals surface area contributed by atoms with Gasteiger partial charge in [-0.2, -0.15) is 0 Å². The van der Waals surface area contributed by atoms with Gasteiger partial charge in [-0.3, -0.25) is 0 Å². The maximum Gasteiger partial charge on any atom is 0.204 e. The molecule has 2 N–H and O–H groups in total. The number of terminal acetylenes is 1. The number of nitrogens with one attached hydrogen (secondary N) is 2. The summed E-state index contributed by atoms with van der Waals surface area (Å²) in [5.41, 5.74) is 4.42. The monoisotopic (exact) mass is 341 g/mol. The van der Waals surface area contributed by atoms with Crippen LogP contribution < -0.4 is 5.32 Å². The molecule has 0 spiro atoms. The molecule has 3 nitrogen and oxygen atoms in total. The fraction of sp³-hybridized carbons (Fsp3) is 0.381. The molecular formula is C21H28FN3. The van der Waals surface area contributed by atoms with Gasteiger partial charge < -0.3 is 10.3 Å². The molecule has 134 valence electrons. The zero-order chi connectivity index (χ0) is 19.2. The normalized spacial score (nSPS) is 16.6. The number of aryl methyl sites for hydroxylation is 2. The van der Waals surface area contributed by atoms with Crippen LogP contribution in [0.4, 0.5) is 10.3 Å². The predicted octanol–water partition coefficient (Wildman–Crippen LogP) is 5.56. The summed E-state index contributed by atoms with van der Waals surface area (Å²) in [6.45, 7) is 13.9. The number of H-pyrrole nitrogens is 1. The van der Waals surface area contributed by atoms with Crippen molar-refractivity contribution in [3.05, 3.63) is 59.3 Å². The molecule has 1 aromatic carbocycles. The van der Waals surface area contributed by atoms with Crippen molar-refractivity contribution in [2.24, 2.45) is 5.41 Å². The van der Waals surface area contributed by atoms with E-state index < -0.39 is 0 Å². The van der Waals surface area contributed by atoms with Gasteiger partial charge >= 0.3 is 0 Å². The van der Waals surface area contributed by atoms with Gasteiger partial charge in [0.1, 0.15) is 5.82 Å². The van der Waals surface area contributed by atoms with Crippen molar-refractivity contribution in [1.29, 1.82) is 0 Å². The van der Waals surface area contributed by atoms with Crippen LogP contribution in [0.5, 0.6) is 0 Å². The fourth-order valence-electron chi connectivity index (χ4n) is 2.60.